The fourth-order valence-electron chi connectivity index (χ4n) is 2.55. The number of ketones is 1. The van der Waals surface area contributed by atoms with Gasteiger partial charge in [-0.3, -0.25) is 4.79 Å². The van der Waals surface area contributed by atoms with Crippen molar-refractivity contribution in [2.75, 3.05) is 5.73 Å². The molecule has 4 heteroatoms. The Labute approximate surface area is 123 Å². The van der Waals surface area contributed by atoms with E-state index in [1.165, 1.54) is 0 Å². The Bertz CT molecular complexity index is 804. The average molecular weight is 279 g/mol. The molecule has 0 aliphatic carbocycles. The van der Waals surface area contributed by atoms with Crippen LogP contribution in [0.25, 0.3) is 11.0 Å². The lowest BCUT2D eigenvalue weighted by Gasteiger charge is -2.10. The highest BCUT2D eigenvalue weighted by molar-refractivity contribution is 6.10. The molecule has 3 aromatic rings. The maximum Gasteiger partial charge on any atom is 0.201 e. The summed E-state index contributed by atoms with van der Waals surface area (Å²) in [7, 11) is 0. The van der Waals surface area contributed by atoms with E-state index in [9.17, 15) is 4.79 Å². The molecule has 0 bridgehead atoms. The molecule has 0 radical (unpaired) electrons. The lowest BCUT2D eigenvalue weighted by molar-refractivity contribution is 0.103. The minimum absolute atomic E-state index is 0.00702. The number of nitrogens with two attached hydrogens (primary N) is 1. The van der Waals surface area contributed by atoms with Crippen molar-refractivity contribution in [2.24, 2.45) is 0 Å². The second-order valence-corrected chi connectivity index (χ2v) is 5.33. The number of hydrogen-bond donors (Lipinski definition) is 1. The highest BCUT2D eigenvalue weighted by atomic mass is 16.1. The number of carbonyl (C=O) groups excluding carboxylic acids is 1. The number of carbonyl (C=O) groups is 1. The predicted octanol–water partition coefficient (Wildman–Crippen LogP) is 3.43. The Balaban J connectivity index is 2.13. The number of nitrogen functional groups attached to an aromatic ring is 1. The molecule has 0 saturated heterocycles. The first-order valence-electron chi connectivity index (χ1n) is 6.95. The molecule has 1 heterocycles. The van der Waals surface area contributed by atoms with Crippen molar-refractivity contribution in [3.63, 3.8) is 0 Å². The van der Waals surface area contributed by atoms with Gasteiger partial charge in [-0.05, 0) is 32.0 Å². The molecule has 0 amide bonds. The largest absolute Gasteiger partial charge is 0.369 e. The van der Waals surface area contributed by atoms with Gasteiger partial charge >= 0.3 is 0 Å². The van der Waals surface area contributed by atoms with Crippen molar-refractivity contribution in [3.05, 3.63) is 59.7 Å². The first-order chi connectivity index (χ1) is 10.1. The van der Waals surface area contributed by atoms with Gasteiger partial charge in [-0.25, -0.2) is 4.98 Å². The molecular formula is C17H17N3O. The van der Waals surface area contributed by atoms with E-state index < -0.39 is 0 Å². The maximum absolute atomic E-state index is 12.5. The number of imidazole rings is 1. The fourth-order valence-corrected chi connectivity index (χ4v) is 2.55. The minimum Gasteiger partial charge on any atom is -0.369 e. The first-order valence-corrected chi connectivity index (χ1v) is 6.95. The van der Waals surface area contributed by atoms with Gasteiger partial charge in [-0.2, -0.15) is 0 Å². The Morgan fingerprint density at radius 2 is 1.81 bits per heavy atom. The molecule has 0 spiro atoms. The van der Waals surface area contributed by atoms with Crippen LogP contribution in [-0.2, 0) is 0 Å². The molecule has 3 rings (SSSR count). The summed E-state index contributed by atoms with van der Waals surface area (Å²) in [5, 5.41) is 0. The highest BCUT2D eigenvalue weighted by Gasteiger charge is 2.14. The molecule has 0 atom stereocenters. The van der Waals surface area contributed by atoms with Crippen LogP contribution in [-0.4, -0.2) is 15.3 Å². The lowest BCUT2D eigenvalue weighted by Crippen LogP contribution is -2.06. The number of hydrogen-bond acceptors (Lipinski definition) is 3. The topological polar surface area (TPSA) is 60.9 Å². The molecule has 21 heavy (non-hydrogen) atoms. The molecule has 0 fully saturated rings. The van der Waals surface area contributed by atoms with Crippen molar-refractivity contribution in [1.82, 2.24) is 9.55 Å². The molecule has 1 aromatic heterocycles. The predicted molar refractivity (Wildman–Crippen MR) is 84.4 cm³/mol. The molecule has 0 unspecified atom stereocenters. The Morgan fingerprint density at radius 3 is 2.48 bits per heavy atom. The normalized spacial score (nSPS) is 11.2. The first kappa shape index (κ1) is 13.4. The molecule has 2 aromatic carbocycles. The van der Waals surface area contributed by atoms with Crippen LogP contribution in [0.4, 0.5) is 5.95 Å². The van der Waals surface area contributed by atoms with Crippen LogP contribution in [0.5, 0.6) is 0 Å². The zero-order chi connectivity index (χ0) is 15.0. The summed E-state index contributed by atoms with van der Waals surface area (Å²) in [6.07, 6.45) is 0. The Morgan fingerprint density at radius 1 is 1.10 bits per heavy atom. The standard InChI is InChI=1S/C17H17N3O/c1-11(2)20-15-10-13(8-9-14(15)19-17(20)18)16(21)12-6-4-3-5-7-12/h3-11H,1-2H3,(H2,18,19). The number of fused-ring (bicyclic) bond motifs is 1. The summed E-state index contributed by atoms with van der Waals surface area (Å²) in [5.41, 5.74) is 8.99. The van der Waals surface area contributed by atoms with Crippen molar-refractivity contribution < 1.29 is 4.79 Å². The van der Waals surface area contributed by atoms with E-state index in [1.807, 2.05) is 60.9 Å². The fraction of sp³-hybridized carbons (Fsp3) is 0.176. The van der Waals surface area contributed by atoms with E-state index in [2.05, 4.69) is 4.98 Å². The third kappa shape index (κ3) is 2.29. The molecule has 106 valence electrons. The minimum atomic E-state index is 0.00702. The Kier molecular flexibility index (Phi) is 3.22. The van der Waals surface area contributed by atoms with E-state index >= 15 is 0 Å². The SMILES string of the molecule is CC(C)n1c(N)nc2ccc(C(=O)c3ccccc3)cc21. The average Bonchev–Trinajstić information content (AvgIpc) is 2.82. The van der Waals surface area contributed by atoms with Gasteiger partial charge in [0.1, 0.15) is 0 Å². The van der Waals surface area contributed by atoms with Crippen LogP contribution in [0.3, 0.4) is 0 Å². The number of aromatic nitrogens is 2. The summed E-state index contributed by atoms with van der Waals surface area (Å²) in [4.78, 5) is 16.9. The second-order valence-electron chi connectivity index (χ2n) is 5.33. The van der Waals surface area contributed by atoms with Crippen LogP contribution in [0.1, 0.15) is 35.8 Å². The highest BCUT2D eigenvalue weighted by Crippen LogP contribution is 2.24. The van der Waals surface area contributed by atoms with Gasteiger partial charge in [0, 0.05) is 17.2 Å². The van der Waals surface area contributed by atoms with Crippen molar-refractivity contribution in [2.45, 2.75) is 19.9 Å². The summed E-state index contributed by atoms with van der Waals surface area (Å²) in [6, 6.07) is 15.0. The number of rotatable bonds is 3. The van der Waals surface area contributed by atoms with Crippen LogP contribution >= 0.6 is 0 Å². The van der Waals surface area contributed by atoms with Gasteiger partial charge in [0.25, 0.3) is 0 Å². The summed E-state index contributed by atoms with van der Waals surface area (Å²) in [6.45, 7) is 4.09. The zero-order valence-corrected chi connectivity index (χ0v) is 12.1. The van der Waals surface area contributed by atoms with Crippen LogP contribution in [0, 0.1) is 0 Å². The molecule has 0 aliphatic heterocycles. The number of nitrogens with zero attached hydrogens (tertiary/aromatic N) is 2. The van der Waals surface area contributed by atoms with Crippen LogP contribution in [0.15, 0.2) is 48.5 Å². The van der Waals surface area contributed by atoms with Gasteiger partial charge in [-0.1, -0.05) is 30.3 Å². The third-order valence-electron chi connectivity index (χ3n) is 3.53. The van der Waals surface area contributed by atoms with E-state index in [0.29, 0.717) is 17.1 Å². The van der Waals surface area contributed by atoms with E-state index in [4.69, 9.17) is 5.73 Å². The summed E-state index contributed by atoms with van der Waals surface area (Å²) in [5.74, 6) is 0.483. The van der Waals surface area contributed by atoms with Crippen molar-refractivity contribution in [1.29, 1.82) is 0 Å². The van der Waals surface area contributed by atoms with E-state index in [0.717, 1.165) is 11.0 Å². The van der Waals surface area contributed by atoms with Crippen LogP contribution < -0.4 is 5.73 Å². The van der Waals surface area contributed by atoms with Crippen LogP contribution in [0.2, 0.25) is 0 Å². The molecule has 0 saturated carbocycles. The monoisotopic (exact) mass is 279 g/mol. The quantitative estimate of drug-likeness (QED) is 0.747. The summed E-state index contributed by atoms with van der Waals surface area (Å²) < 4.78 is 1.94. The maximum atomic E-state index is 12.5. The number of anilines is 1. The second kappa shape index (κ2) is 5.05. The van der Waals surface area contributed by atoms with Gasteiger partial charge in [0.15, 0.2) is 5.78 Å². The smallest absolute Gasteiger partial charge is 0.201 e. The molecule has 4 nitrogen and oxygen atoms in total. The lowest BCUT2D eigenvalue weighted by atomic mass is 10.0. The molecular weight excluding hydrogens is 262 g/mol. The van der Waals surface area contributed by atoms with Gasteiger partial charge in [0.05, 0.1) is 11.0 Å². The van der Waals surface area contributed by atoms with Gasteiger partial charge in [-0.15, -0.1) is 0 Å². The van der Waals surface area contributed by atoms with Gasteiger partial charge < -0.3 is 10.3 Å². The van der Waals surface area contributed by atoms with E-state index in [-0.39, 0.29) is 11.8 Å². The van der Waals surface area contributed by atoms with Crippen molar-refractivity contribution in [3.8, 4) is 0 Å². The third-order valence-corrected chi connectivity index (χ3v) is 3.53. The zero-order valence-electron chi connectivity index (χ0n) is 12.1. The van der Waals surface area contributed by atoms with Crippen molar-refractivity contribution >= 4 is 22.8 Å². The molecule has 2 N–H and O–H groups in total. The number of benzene rings is 2. The summed E-state index contributed by atoms with van der Waals surface area (Å²) >= 11 is 0. The Hall–Kier alpha value is -2.62. The molecule has 0 aliphatic rings. The van der Waals surface area contributed by atoms with Gasteiger partial charge in [0.2, 0.25) is 5.95 Å². The van der Waals surface area contributed by atoms with E-state index in [1.54, 1.807) is 6.07 Å².